The lowest BCUT2D eigenvalue weighted by molar-refractivity contribution is 0.0785. The minimum Gasteiger partial charge on any atom is -0.382 e. The molecule has 114 valence electrons. The van der Waals surface area contributed by atoms with E-state index in [0.29, 0.717) is 18.9 Å². The number of nitrogens with one attached hydrogen (secondary N) is 1. The van der Waals surface area contributed by atoms with Crippen LogP contribution in [0.5, 0.6) is 0 Å². The quantitative estimate of drug-likeness (QED) is 0.746. The Kier molecular flexibility index (Phi) is 6.45. The summed E-state index contributed by atoms with van der Waals surface area (Å²) in [7, 11) is -1.82. The zero-order valence-electron chi connectivity index (χ0n) is 12.5. The molecule has 0 atom stereocenters. The van der Waals surface area contributed by atoms with Crippen LogP contribution < -0.4 is 4.72 Å². The lowest BCUT2D eigenvalue weighted by atomic mass is 10.1. The maximum absolute atomic E-state index is 12.0. The Bertz CT molecular complexity index is 517. The SMILES string of the molecule is COCCOCCS(=O)(=O)Nc1c(C)cc(C)cc1C. The zero-order valence-corrected chi connectivity index (χ0v) is 13.3. The molecule has 0 fully saturated rings. The fraction of sp³-hybridized carbons (Fsp3) is 0.571. The summed E-state index contributed by atoms with van der Waals surface area (Å²) in [5.41, 5.74) is 3.62. The second kappa shape index (κ2) is 7.61. The van der Waals surface area contributed by atoms with Crippen molar-refractivity contribution >= 4 is 15.7 Å². The Morgan fingerprint density at radius 1 is 1.05 bits per heavy atom. The molecular formula is C14H23NO4S. The van der Waals surface area contributed by atoms with Crippen LogP contribution in [0.2, 0.25) is 0 Å². The standard InChI is InChI=1S/C14H23NO4S/c1-11-9-12(2)14(13(3)10-11)15-20(16,17)8-7-19-6-5-18-4/h9-10,15H,5-8H2,1-4H3. The molecule has 0 spiro atoms. The van der Waals surface area contributed by atoms with E-state index in [1.807, 2.05) is 32.9 Å². The molecule has 1 N–H and O–H groups in total. The van der Waals surface area contributed by atoms with Crippen molar-refractivity contribution in [2.24, 2.45) is 0 Å². The van der Waals surface area contributed by atoms with Crippen LogP contribution in [0.1, 0.15) is 16.7 Å². The number of sulfonamides is 1. The minimum absolute atomic E-state index is 0.0660. The third kappa shape index (κ3) is 5.48. The average Bonchev–Trinajstić information content (AvgIpc) is 2.33. The largest absolute Gasteiger partial charge is 0.382 e. The van der Waals surface area contributed by atoms with Gasteiger partial charge < -0.3 is 9.47 Å². The Hall–Kier alpha value is -1.11. The van der Waals surface area contributed by atoms with Crippen LogP contribution >= 0.6 is 0 Å². The van der Waals surface area contributed by atoms with Gasteiger partial charge in [0.25, 0.3) is 0 Å². The molecule has 0 heterocycles. The van der Waals surface area contributed by atoms with Crippen molar-refractivity contribution in [2.45, 2.75) is 20.8 Å². The summed E-state index contributed by atoms with van der Waals surface area (Å²) in [6.45, 7) is 6.79. The van der Waals surface area contributed by atoms with Gasteiger partial charge >= 0.3 is 0 Å². The normalized spacial score (nSPS) is 11.6. The molecule has 5 nitrogen and oxygen atoms in total. The first-order chi connectivity index (χ1) is 9.35. The molecule has 0 unspecified atom stereocenters. The molecular weight excluding hydrogens is 278 g/mol. The fourth-order valence-electron chi connectivity index (χ4n) is 1.96. The number of anilines is 1. The van der Waals surface area contributed by atoms with Crippen LogP contribution in [-0.4, -0.2) is 41.1 Å². The number of hydrogen-bond acceptors (Lipinski definition) is 4. The summed E-state index contributed by atoms with van der Waals surface area (Å²) >= 11 is 0. The molecule has 20 heavy (non-hydrogen) atoms. The van der Waals surface area contributed by atoms with E-state index in [-0.39, 0.29) is 12.4 Å². The zero-order chi connectivity index (χ0) is 15.2. The predicted molar refractivity (Wildman–Crippen MR) is 80.8 cm³/mol. The summed E-state index contributed by atoms with van der Waals surface area (Å²) in [5, 5.41) is 0. The van der Waals surface area contributed by atoms with Gasteiger partial charge in [0.1, 0.15) is 0 Å². The molecule has 6 heteroatoms. The second-order valence-electron chi connectivity index (χ2n) is 4.80. The van der Waals surface area contributed by atoms with Crippen LogP contribution in [0, 0.1) is 20.8 Å². The highest BCUT2D eigenvalue weighted by Crippen LogP contribution is 2.23. The maximum Gasteiger partial charge on any atom is 0.235 e. The van der Waals surface area contributed by atoms with Crippen molar-refractivity contribution in [1.29, 1.82) is 0 Å². The maximum atomic E-state index is 12.0. The van der Waals surface area contributed by atoms with Gasteiger partial charge in [-0.15, -0.1) is 0 Å². The van der Waals surface area contributed by atoms with E-state index in [9.17, 15) is 8.42 Å². The highest BCUT2D eigenvalue weighted by atomic mass is 32.2. The Morgan fingerprint density at radius 2 is 1.65 bits per heavy atom. The summed E-state index contributed by atoms with van der Waals surface area (Å²) in [4.78, 5) is 0. The van der Waals surface area contributed by atoms with E-state index < -0.39 is 10.0 Å². The van der Waals surface area contributed by atoms with E-state index >= 15 is 0 Å². The first-order valence-electron chi connectivity index (χ1n) is 6.51. The fourth-order valence-corrected chi connectivity index (χ4v) is 3.03. The summed E-state index contributed by atoms with van der Waals surface area (Å²) in [5.74, 6) is -0.0660. The Labute approximate surface area is 121 Å². The van der Waals surface area contributed by atoms with Crippen LogP contribution in [0.3, 0.4) is 0 Å². The Morgan fingerprint density at radius 3 is 2.20 bits per heavy atom. The molecule has 0 saturated carbocycles. The summed E-state index contributed by atoms with van der Waals surface area (Å²) < 4.78 is 36.6. The van der Waals surface area contributed by atoms with Gasteiger partial charge in [0.2, 0.25) is 10.0 Å². The smallest absolute Gasteiger partial charge is 0.235 e. The molecule has 0 amide bonds. The molecule has 0 aliphatic rings. The highest BCUT2D eigenvalue weighted by Gasteiger charge is 2.13. The molecule has 1 aromatic carbocycles. The molecule has 0 aliphatic carbocycles. The monoisotopic (exact) mass is 301 g/mol. The van der Waals surface area contributed by atoms with Gasteiger partial charge in [-0.05, 0) is 31.9 Å². The van der Waals surface area contributed by atoms with Crippen LogP contribution in [-0.2, 0) is 19.5 Å². The molecule has 0 aromatic heterocycles. The average molecular weight is 301 g/mol. The molecule has 0 bridgehead atoms. The number of rotatable bonds is 8. The summed E-state index contributed by atoms with van der Waals surface area (Å²) in [6.07, 6.45) is 0. The first kappa shape index (κ1) is 16.9. The van der Waals surface area contributed by atoms with Gasteiger partial charge in [-0.1, -0.05) is 17.7 Å². The molecule has 1 rings (SSSR count). The predicted octanol–water partition coefficient (Wildman–Crippen LogP) is 2.02. The number of hydrogen-bond donors (Lipinski definition) is 1. The van der Waals surface area contributed by atoms with Crippen molar-refractivity contribution in [2.75, 3.05) is 37.4 Å². The Balaban J connectivity index is 2.63. The molecule has 0 aliphatic heterocycles. The van der Waals surface area contributed by atoms with Crippen molar-refractivity contribution in [3.05, 3.63) is 28.8 Å². The second-order valence-corrected chi connectivity index (χ2v) is 6.64. The number of ether oxygens (including phenoxy) is 2. The lowest BCUT2D eigenvalue weighted by Gasteiger charge is -2.14. The van der Waals surface area contributed by atoms with E-state index in [1.54, 1.807) is 7.11 Å². The van der Waals surface area contributed by atoms with Gasteiger partial charge in [-0.2, -0.15) is 0 Å². The third-order valence-electron chi connectivity index (χ3n) is 2.86. The van der Waals surface area contributed by atoms with E-state index in [2.05, 4.69) is 4.72 Å². The number of benzene rings is 1. The van der Waals surface area contributed by atoms with Gasteiger partial charge in [0.15, 0.2) is 0 Å². The topological polar surface area (TPSA) is 64.6 Å². The summed E-state index contributed by atoms with van der Waals surface area (Å²) in [6, 6.07) is 3.92. The van der Waals surface area contributed by atoms with Crippen molar-refractivity contribution in [3.8, 4) is 0 Å². The molecule has 1 aromatic rings. The van der Waals surface area contributed by atoms with Crippen molar-refractivity contribution < 1.29 is 17.9 Å². The lowest BCUT2D eigenvalue weighted by Crippen LogP contribution is -2.22. The van der Waals surface area contributed by atoms with E-state index in [0.717, 1.165) is 16.7 Å². The van der Waals surface area contributed by atoms with Gasteiger partial charge in [0.05, 0.1) is 31.3 Å². The van der Waals surface area contributed by atoms with Gasteiger partial charge in [0, 0.05) is 7.11 Å². The third-order valence-corrected chi connectivity index (χ3v) is 4.08. The van der Waals surface area contributed by atoms with E-state index in [1.165, 1.54) is 0 Å². The number of methoxy groups -OCH3 is 1. The molecule has 0 saturated heterocycles. The molecule has 0 radical (unpaired) electrons. The van der Waals surface area contributed by atoms with Crippen LogP contribution in [0.15, 0.2) is 12.1 Å². The van der Waals surface area contributed by atoms with E-state index in [4.69, 9.17) is 9.47 Å². The van der Waals surface area contributed by atoms with Crippen LogP contribution in [0.4, 0.5) is 5.69 Å². The number of aryl methyl sites for hydroxylation is 3. The van der Waals surface area contributed by atoms with Crippen LogP contribution in [0.25, 0.3) is 0 Å². The van der Waals surface area contributed by atoms with Crippen molar-refractivity contribution in [3.63, 3.8) is 0 Å². The van der Waals surface area contributed by atoms with Gasteiger partial charge in [-0.25, -0.2) is 8.42 Å². The van der Waals surface area contributed by atoms with Crippen molar-refractivity contribution in [1.82, 2.24) is 0 Å². The van der Waals surface area contributed by atoms with Gasteiger partial charge in [-0.3, -0.25) is 4.72 Å². The minimum atomic E-state index is -3.40. The highest BCUT2D eigenvalue weighted by molar-refractivity contribution is 7.92. The first-order valence-corrected chi connectivity index (χ1v) is 8.16.